The Morgan fingerprint density at radius 3 is 2.50 bits per heavy atom. The quantitative estimate of drug-likeness (QED) is 0.668. The Morgan fingerprint density at radius 2 is 1.77 bits per heavy atom. The molecule has 2 aromatic heterocycles. The molecule has 1 aromatic carbocycles. The van der Waals surface area contributed by atoms with Crippen molar-refractivity contribution in [3.63, 3.8) is 0 Å². The van der Waals surface area contributed by atoms with Crippen LogP contribution in [0, 0.1) is 0 Å². The third-order valence-electron chi connectivity index (χ3n) is 4.49. The van der Waals surface area contributed by atoms with Crippen LogP contribution in [0.3, 0.4) is 0 Å². The van der Waals surface area contributed by atoms with Gasteiger partial charge in [-0.15, -0.1) is 0 Å². The lowest BCUT2D eigenvalue weighted by Crippen LogP contribution is -2.50. The van der Waals surface area contributed by atoms with E-state index >= 15 is 0 Å². The van der Waals surface area contributed by atoms with E-state index < -0.39 is 0 Å². The van der Waals surface area contributed by atoms with Crippen molar-refractivity contribution in [2.45, 2.75) is 0 Å². The van der Waals surface area contributed by atoms with Crippen LogP contribution >= 0.6 is 0 Å². The number of hydrogen-bond acceptors (Lipinski definition) is 6. The lowest BCUT2D eigenvalue weighted by Gasteiger charge is -2.33. The highest BCUT2D eigenvalue weighted by molar-refractivity contribution is 5.95. The molecule has 7 nitrogen and oxygen atoms in total. The zero-order chi connectivity index (χ0) is 17.9. The molecule has 0 aliphatic carbocycles. The summed E-state index contributed by atoms with van der Waals surface area (Å²) in [7, 11) is 0. The number of para-hydroxylation sites is 2. The molecule has 132 valence electrons. The molecule has 1 aliphatic rings. The first-order chi connectivity index (χ1) is 12.7. The van der Waals surface area contributed by atoms with Gasteiger partial charge >= 0.3 is 0 Å². The van der Waals surface area contributed by atoms with E-state index in [1.54, 1.807) is 17.0 Å². The first-order valence-corrected chi connectivity index (χ1v) is 8.51. The minimum absolute atomic E-state index is 0.0461. The smallest absolute Gasteiger partial charge is 0.274 e. The van der Waals surface area contributed by atoms with Crippen LogP contribution < -0.4 is 0 Å². The van der Waals surface area contributed by atoms with E-state index in [2.05, 4.69) is 9.97 Å². The summed E-state index contributed by atoms with van der Waals surface area (Å²) in [6.07, 6.45) is 3.02. The molecular formula is C19H18N4O3. The Bertz CT molecular complexity index is 931. The van der Waals surface area contributed by atoms with Crippen molar-refractivity contribution in [3.05, 3.63) is 60.3 Å². The van der Waals surface area contributed by atoms with Gasteiger partial charge in [0.05, 0.1) is 30.0 Å². The third kappa shape index (κ3) is 3.34. The zero-order valence-electron chi connectivity index (χ0n) is 14.2. The predicted octanol–water partition coefficient (Wildman–Crippen LogP) is 1.86. The minimum atomic E-state index is -0.125. The Morgan fingerprint density at radius 1 is 1.00 bits per heavy atom. The zero-order valence-corrected chi connectivity index (χ0v) is 14.2. The second kappa shape index (κ2) is 7.05. The van der Waals surface area contributed by atoms with Gasteiger partial charge in [-0.3, -0.25) is 19.5 Å². The molecule has 0 radical (unpaired) electrons. The number of hydrogen-bond donors (Lipinski definition) is 0. The number of amides is 1. The first kappa shape index (κ1) is 16.4. The number of ketones is 1. The molecule has 0 unspecified atom stereocenters. The summed E-state index contributed by atoms with van der Waals surface area (Å²) in [6.45, 7) is 2.68. The van der Waals surface area contributed by atoms with E-state index in [-0.39, 0.29) is 11.7 Å². The van der Waals surface area contributed by atoms with Crippen LogP contribution in [0.25, 0.3) is 11.0 Å². The SMILES string of the molecule is O=C(CN1CCN(C(=O)c2cnc3ccccc3n2)CC1)c1ccco1. The lowest BCUT2D eigenvalue weighted by atomic mass is 10.2. The summed E-state index contributed by atoms with van der Waals surface area (Å²) in [5.41, 5.74) is 1.83. The summed E-state index contributed by atoms with van der Waals surface area (Å²) >= 11 is 0. The lowest BCUT2D eigenvalue weighted by molar-refractivity contribution is 0.0615. The normalized spacial score (nSPS) is 15.3. The summed E-state index contributed by atoms with van der Waals surface area (Å²) < 4.78 is 5.13. The second-order valence-corrected chi connectivity index (χ2v) is 6.21. The van der Waals surface area contributed by atoms with Gasteiger partial charge in [-0.2, -0.15) is 0 Å². The van der Waals surface area contributed by atoms with Crippen molar-refractivity contribution in [1.29, 1.82) is 0 Å². The van der Waals surface area contributed by atoms with Crippen molar-refractivity contribution >= 4 is 22.7 Å². The van der Waals surface area contributed by atoms with E-state index in [0.717, 1.165) is 5.52 Å². The van der Waals surface area contributed by atoms with Gasteiger partial charge in [0.25, 0.3) is 5.91 Å². The van der Waals surface area contributed by atoms with Crippen molar-refractivity contribution in [1.82, 2.24) is 19.8 Å². The summed E-state index contributed by atoms with van der Waals surface area (Å²) in [5, 5.41) is 0. The number of rotatable bonds is 4. The molecule has 1 aliphatic heterocycles. The molecule has 26 heavy (non-hydrogen) atoms. The first-order valence-electron chi connectivity index (χ1n) is 8.51. The third-order valence-corrected chi connectivity index (χ3v) is 4.49. The number of Topliss-reactive ketones (excluding diaryl/α,β-unsaturated/α-hetero) is 1. The minimum Gasteiger partial charge on any atom is -0.461 e. The van der Waals surface area contributed by atoms with Crippen LogP contribution in [0.1, 0.15) is 21.0 Å². The molecule has 0 atom stereocenters. The Labute approximate surface area is 150 Å². The Kier molecular flexibility index (Phi) is 4.45. The average molecular weight is 350 g/mol. The molecule has 0 saturated carbocycles. The molecule has 7 heteroatoms. The van der Waals surface area contributed by atoms with Crippen LogP contribution in [0.2, 0.25) is 0 Å². The number of nitrogens with zero attached hydrogens (tertiary/aromatic N) is 4. The van der Waals surface area contributed by atoms with E-state index in [9.17, 15) is 9.59 Å². The van der Waals surface area contributed by atoms with Gasteiger partial charge in [-0.1, -0.05) is 12.1 Å². The standard InChI is InChI=1S/C19H18N4O3/c24-17(18-6-3-11-26-18)13-22-7-9-23(10-8-22)19(25)16-12-20-14-4-1-2-5-15(14)21-16/h1-6,11-12H,7-10,13H2. The van der Waals surface area contributed by atoms with Crippen LogP contribution in [0.4, 0.5) is 0 Å². The maximum Gasteiger partial charge on any atom is 0.274 e. The Hall–Kier alpha value is -3.06. The topological polar surface area (TPSA) is 79.5 Å². The van der Waals surface area contributed by atoms with Crippen LogP contribution in [0.15, 0.2) is 53.3 Å². The summed E-state index contributed by atoms with van der Waals surface area (Å²) in [4.78, 5) is 37.3. The van der Waals surface area contributed by atoms with Gasteiger partial charge in [0, 0.05) is 26.2 Å². The number of piperazine rings is 1. The van der Waals surface area contributed by atoms with Crippen LogP contribution in [-0.4, -0.2) is 64.2 Å². The molecule has 0 N–H and O–H groups in total. The van der Waals surface area contributed by atoms with Crippen LogP contribution in [-0.2, 0) is 0 Å². The molecule has 1 fully saturated rings. The number of carbonyl (C=O) groups excluding carboxylic acids is 2. The van der Waals surface area contributed by atoms with Crippen molar-refractivity contribution < 1.29 is 14.0 Å². The number of carbonyl (C=O) groups is 2. The fourth-order valence-corrected chi connectivity index (χ4v) is 3.05. The molecule has 3 heterocycles. The monoisotopic (exact) mass is 350 g/mol. The van der Waals surface area contributed by atoms with E-state index in [1.165, 1.54) is 12.5 Å². The number of benzene rings is 1. The molecule has 1 saturated heterocycles. The largest absolute Gasteiger partial charge is 0.461 e. The molecule has 4 rings (SSSR count). The van der Waals surface area contributed by atoms with E-state index in [1.807, 2.05) is 29.2 Å². The average Bonchev–Trinajstić information content (AvgIpc) is 3.23. The van der Waals surface area contributed by atoms with Gasteiger partial charge in [0.2, 0.25) is 5.78 Å². The molecule has 0 spiro atoms. The van der Waals surface area contributed by atoms with Crippen molar-refractivity contribution in [2.75, 3.05) is 32.7 Å². The van der Waals surface area contributed by atoms with Crippen LogP contribution in [0.5, 0.6) is 0 Å². The van der Waals surface area contributed by atoms with E-state index in [0.29, 0.717) is 49.7 Å². The molecule has 1 amide bonds. The molecular weight excluding hydrogens is 332 g/mol. The van der Waals surface area contributed by atoms with Crippen molar-refractivity contribution in [2.24, 2.45) is 0 Å². The number of aromatic nitrogens is 2. The highest BCUT2D eigenvalue weighted by Crippen LogP contribution is 2.12. The van der Waals surface area contributed by atoms with Crippen molar-refractivity contribution in [3.8, 4) is 0 Å². The highest BCUT2D eigenvalue weighted by Gasteiger charge is 2.25. The predicted molar refractivity (Wildman–Crippen MR) is 94.9 cm³/mol. The molecule has 0 bridgehead atoms. The highest BCUT2D eigenvalue weighted by atomic mass is 16.3. The van der Waals surface area contributed by atoms with Gasteiger partial charge in [-0.05, 0) is 24.3 Å². The molecule has 3 aromatic rings. The number of furan rings is 1. The summed E-state index contributed by atoms with van der Waals surface area (Å²) in [5.74, 6) is 0.199. The fourth-order valence-electron chi connectivity index (χ4n) is 3.05. The maximum atomic E-state index is 12.7. The van der Waals surface area contributed by atoms with E-state index in [4.69, 9.17) is 4.42 Å². The van der Waals surface area contributed by atoms with Gasteiger partial charge in [-0.25, -0.2) is 4.98 Å². The van der Waals surface area contributed by atoms with Gasteiger partial charge < -0.3 is 9.32 Å². The number of fused-ring (bicyclic) bond motifs is 1. The van der Waals surface area contributed by atoms with Gasteiger partial charge in [0.15, 0.2) is 5.76 Å². The fraction of sp³-hybridized carbons (Fsp3) is 0.263. The summed E-state index contributed by atoms with van der Waals surface area (Å²) in [6, 6.07) is 10.8. The maximum absolute atomic E-state index is 12.7. The second-order valence-electron chi connectivity index (χ2n) is 6.21. The Balaban J connectivity index is 1.37. The van der Waals surface area contributed by atoms with Gasteiger partial charge in [0.1, 0.15) is 5.69 Å².